The Hall–Kier alpha value is -2.59. The summed E-state index contributed by atoms with van der Waals surface area (Å²) in [6.07, 6.45) is 2.79. The quantitative estimate of drug-likeness (QED) is 0.398. The van der Waals surface area contributed by atoms with E-state index in [2.05, 4.69) is 17.6 Å². The number of rotatable bonds is 7. The van der Waals surface area contributed by atoms with E-state index in [0.29, 0.717) is 39.1 Å². The van der Waals surface area contributed by atoms with E-state index in [-0.39, 0.29) is 29.4 Å². The van der Waals surface area contributed by atoms with Crippen LogP contribution in [0.3, 0.4) is 0 Å². The Labute approximate surface area is 172 Å². The fourth-order valence-corrected chi connectivity index (χ4v) is 3.99. The van der Waals surface area contributed by atoms with Crippen LogP contribution in [0.15, 0.2) is 11.6 Å². The number of likely N-dealkylation sites (tertiary alicyclic amines) is 1. The van der Waals surface area contributed by atoms with Crippen molar-refractivity contribution in [3.8, 4) is 6.07 Å². The monoisotopic (exact) mass is 401 g/mol. The summed E-state index contributed by atoms with van der Waals surface area (Å²) >= 11 is 0. The van der Waals surface area contributed by atoms with Crippen molar-refractivity contribution in [2.24, 2.45) is 5.92 Å². The Bertz CT molecular complexity index is 811. The number of ether oxygens (including phenoxy) is 2. The van der Waals surface area contributed by atoms with Crippen molar-refractivity contribution in [3.05, 3.63) is 28.6 Å². The maximum absolute atomic E-state index is 12.9. The number of carbonyl (C=O) groups is 2. The molecule has 1 aromatic heterocycles. The van der Waals surface area contributed by atoms with E-state index >= 15 is 0 Å². The number of aromatic nitrogens is 1. The standard InChI is InChI=1S/C22H31N3O4/c1-6-29-22(27)18-7-9-24(10-8-18)21(26)20(13-23)12-19-11-15(2)25(17(19)4)16(3)14-28-5/h11-12,16,18H,6-10,14H2,1-5H3/b20-12-. The lowest BCUT2D eigenvalue weighted by molar-refractivity contribution is -0.150. The van der Waals surface area contributed by atoms with Gasteiger partial charge in [0.05, 0.1) is 25.2 Å². The number of carbonyl (C=O) groups excluding carboxylic acids is 2. The molecule has 1 unspecified atom stereocenters. The molecule has 2 rings (SSSR count). The second kappa shape index (κ2) is 10.3. The Morgan fingerprint density at radius 2 is 2.00 bits per heavy atom. The van der Waals surface area contributed by atoms with E-state index in [4.69, 9.17) is 9.47 Å². The van der Waals surface area contributed by atoms with Crippen molar-refractivity contribution in [1.29, 1.82) is 5.26 Å². The van der Waals surface area contributed by atoms with Crippen LogP contribution in [0.25, 0.3) is 6.08 Å². The fourth-order valence-electron chi connectivity index (χ4n) is 3.99. The average Bonchev–Trinajstić information content (AvgIpc) is 2.99. The topological polar surface area (TPSA) is 84.6 Å². The number of piperidine rings is 1. The first-order valence-electron chi connectivity index (χ1n) is 10.1. The number of esters is 1. The first-order chi connectivity index (χ1) is 13.8. The summed E-state index contributed by atoms with van der Waals surface area (Å²) in [5.74, 6) is -0.660. The van der Waals surface area contributed by atoms with Crippen molar-refractivity contribution in [2.75, 3.05) is 33.4 Å². The van der Waals surface area contributed by atoms with Crippen LogP contribution in [-0.4, -0.2) is 54.8 Å². The molecule has 0 saturated carbocycles. The zero-order chi connectivity index (χ0) is 21.6. The van der Waals surface area contributed by atoms with E-state index in [0.717, 1.165) is 17.0 Å². The molecule has 29 heavy (non-hydrogen) atoms. The largest absolute Gasteiger partial charge is 0.466 e. The molecule has 1 aliphatic rings. The molecule has 1 aromatic rings. The zero-order valence-corrected chi connectivity index (χ0v) is 18.0. The third-order valence-corrected chi connectivity index (χ3v) is 5.42. The van der Waals surface area contributed by atoms with Gasteiger partial charge in [0.1, 0.15) is 11.6 Å². The molecule has 158 valence electrons. The van der Waals surface area contributed by atoms with Crippen LogP contribution in [0.5, 0.6) is 0 Å². The first-order valence-corrected chi connectivity index (χ1v) is 10.1. The van der Waals surface area contributed by atoms with Crippen LogP contribution < -0.4 is 0 Å². The predicted octanol–water partition coefficient (Wildman–Crippen LogP) is 3.02. The molecular weight excluding hydrogens is 370 g/mol. The third kappa shape index (κ3) is 5.27. The van der Waals surface area contributed by atoms with Gasteiger partial charge in [0.15, 0.2) is 0 Å². The minimum Gasteiger partial charge on any atom is -0.466 e. The highest BCUT2D eigenvalue weighted by Gasteiger charge is 2.29. The average molecular weight is 402 g/mol. The Morgan fingerprint density at radius 1 is 1.34 bits per heavy atom. The molecule has 0 aromatic carbocycles. The molecule has 1 atom stereocenters. The molecule has 1 aliphatic heterocycles. The molecule has 1 amide bonds. The Kier molecular flexibility index (Phi) is 8.03. The van der Waals surface area contributed by atoms with Gasteiger partial charge in [0, 0.05) is 31.6 Å². The SMILES string of the molecule is CCOC(=O)C1CCN(C(=O)/C(C#N)=C\c2cc(C)n(C(C)COC)c2C)CC1. The molecule has 0 radical (unpaired) electrons. The van der Waals surface area contributed by atoms with E-state index in [1.165, 1.54) is 0 Å². The Morgan fingerprint density at radius 3 is 2.55 bits per heavy atom. The van der Waals surface area contributed by atoms with Gasteiger partial charge in [0.2, 0.25) is 0 Å². The molecule has 1 fully saturated rings. The van der Waals surface area contributed by atoms with Gasteiger partial charge in [-0.3, -0.25) is 9.59 Å². The fraction of sp³-hybridized carbons (Fsp3) is 0.591. The molecule has 0 bridgehead atoms. The normalized spacial score (nSPS) is 16.4. The molecule has 0 N–H and O–H groups in total. The van der Waals surface area contributed by atoms with Gasteiger partial charge in [0.25, 0.3) is 5.91 Å². The lowest BCUT2D eigenvalue weighted by Crippen LogP contribution is -2.41. The van der Waals surface area contributed by atoms with Gasteiger partial charge in [-0.1, -0.05) is 0 Å². The number of amides is 1. The highest BCUT2D eigenvalue weighted by Crippen LogP contribution is 2.24. The summed E-state index contributed by atoms with van der Waals surface area (Å²) in [6.45, 7) is 9.69. The molecule has 1 saturated heterocycles. The van der Waals surface area contributed by atoms with Crippen molar-refractivity contribution < 1.29 is 19.1 Å². The van der Waals surface area contributed by atoms with E-state index in [1.54, 1.807) is 25.0 Å². The van der Waals surface area contributed by atoms with Crippen LogP contribution in [0.2, 0.25) is 0 Å². The third-order valence-electron chi connectivity index (χ3n) is 5.42. The number of hydrogen-bond donors (Lipinski definition) is 0. The van der Waals surface area contributed by atoms with E-state index in [1.807, 2.05) is 19.9 Å². The number of nitrogens with zero attached hydrogens (tertiary/aromatic N) is 3. The lowest BCUT2D eigenvalue weighted by Gasteiger charge is -2.30. The second-order valence-electron chi connectivity index (χ2n) is 7.49. The summed E-state index contributed by atoms with van der Waals surface area (Å²) in [7, 11) is 1.67. The van der Waals surface area contributed by atoms with E-state index < -0.39 is 0 Å². The van der Waals surface area contributed by atoms with Crippen LogP contribution in [-0.2, 0) is 19.1 Å². The summed E-state index contributed by atoms with van der Waals surface area (Å²) in [6, 6.07) is 4.20. The van der Waals surface area contributed by atoms with Crippen LogP contribution in [0.4, 0.5) is 0 Å². The molecule has 0 spiro atoms. The summed E-state index contributed by atoms with van der Waals surface area (Å²) in [5, 5.41) is 9.59. The molecular formula is C22H31N3O4. The summed E-state index contributed by atoms with van der Waals surface area (Å²) in [4.78, 5) is 26.4. The van der Waals surface area contributed by atoms with Crippen LogP contribution in [0.1, 0.15) is 49.7 Å². The highest BCUT2D eigenvalue weighted by molar-refractivity contribution is 6.02. The Balaban J connectivity index is 2.15. The number of nitriles is 1. The molecule has 7 nitrogen and oxygen atoms in total. The van der Waals surface area contributed by atoms with Gasteiger partial charge in [-0.15, -0.1) is 0 Å². The lowest BCUT2D eigenvalue weighted by atomic mass is 9.96. The maximum atomic E-state index is 12.9. The van der Waals surface area contributed by atoms with Crippen molar-refractivity contribution in [2.45, 2.75) is 46.6 Å². The number of aryl methyl sites for hydroxylation is 1. The van der Waals surface area contributed by atoms with Crippen LogP contribution >= 0.6 is 0 Å². The van der Waals surface area contributed by atoms with Gasteiger partial charge >= 0.3 is 5.97 Å². The molecule has 2 heterocycles. The minimum absolute atomic E-state index is 0.110. The second-order valence-corrected chi connectivity index (χ2v) is 7.49. The van der Waals surface area contributed by atoms with Crippen molar-refractivity contribution >= 4 is 18.0 Å². The van der Waals surface area contributed by atoms with Crippen LogP contribution in [0, 0.1) is 31.1 Å². The maximum Gasteiger partial charge on any atom is 0.309 e. The highest BCUT2D eigenvalue weighted by atomic mass is 16.5. The van der Waals surface area contributed by atoms with Gasteiger partial charge in [-0.25, -0.2) is 0 Å². The first kappa shape index (κ1) is 22.7. The minimum atomic E-state index is -0.287. The smallest absolute Gasteiger partial charge is 0.309 e. The van der Waals surface area contributed by atoms with Crippen molar-refractivity contribution in [1.82, 2.24) is 9.47 Å². The number of hydrogen-bond acceptors (Lipinski definition) is 5. The van der Waals surface area contributed by atoms with Crippen molar-refractivity contribution in [3.63, 3.8) is 0 Å². The summed E-state index contributed by atoms with van der Waals surface area (Å²) < 4.78 is 12.5. The van der Waals surface area contributed by atoms with E-state index in [9.17, 15) is 14.9 Å². The zero-order valence-electron chi connectivity index (χ0n) is 18.0. The molecule has 7 heteroatoms. The van der Waals surface area contributed by atoms with Gasteiger partial charge in [-0.05, 0) is 58.2 Å². The van der Waals surface area contributed by atoms with Gasteiger partial charge in [-0.2, -0.15) is 5.26 Å². The molecule has 0 aliphatic carbocycles. The summed E-state index contributed by atoms with van der Waals surface area (Å²) in [5.41, 5.74) is 3.02. The predicted molar refractivity (Wildman–Crippen MR) is 110 cm³/mol. The number of methoxy groups -OCH3 is 1. The van der Waals surface area contributed by atoms with Gasteiger partial charge < -0.3 is 18.9 Å².